The van der Waals surface area contributed by atoms with Gasteiger partial charge in [-0.1, -0.05) is 37.6 Å². The third-order valence-electron chi connectivity index (χ3n) is 3.11. The van der Waals surface area contributed by atoms with E-state index in [2.05, 4.69) is 24.8 Å². The summed E-state index contributed by atoms with van der Waals surface area (Å²) in [7, 11) is 0. The largest absolute Gasteiger partial charge is 0.295 e. The zero-order chi connectivity index (χ0) is 12.7. The molecule has 0 aromatic heterocycles. The number of hydrogen-bond acceptors (Lipinski definition) is 1. The lowest BCUT2D eigenvalue weighted by Crippen LogP contribution is -2.35. The van der Waals surface area contributed by atoms with Crippen LogP contribution in [0.15, 0.2) is 24.3 Å². The molecule has 96 valence electrons. The van der Waals surface area contributed by atoms with Gasteiger partial charge in [0.05, 0.1) is 0 Å². The van der Waals surface area contributed by atoms with Gasteiger partial charge in [-0.2, -0.15) is 0 Å². The van der Waals surface area contributed by atoms with E-state index in [9.17, 15) is 0 Å². The van der Waals surface area contributed by atoms with E-state index in [0.29, 0.717) is 11.9 Å². The van der Waals surface area contributed by atoms with E-state index < -0.39 is 0 Å². The number of nitrogens with zero attached hydrogens (tertiary/aromatic N) is 1. The van der Waals surface area contributed by atoms with Gasteiger partial charge in [0, 0.05) is 30.0 Å². The van der Waals surface area contributed by atoms with Crippen LogP contribution in [0.5, 0.6) is 0 Å². The van der Waals surface area contributed by atoms with Crippen LogP contribution in [-0.4, -0.2) is 23.4 Å². The first-order chi connectivity index (χ1) is 8.21. The molecule has 0 spiro atoms. The maximum atomic E-state index is 6.01. The van der Waals surface area contributed by atoms with Gasteiger partial charge in [-0.25, -0.2) is 0 Å². The Balaban J connectivity index is 2.71. The van der Waals surface area contributed by atoms with Crippen molar-refractivity contribution < 1.29 is 0 Å². The van der Waals surface area contributed by atoms with Gasteiger partial charge in [0.2, 0.25) is 0 Å². The molecule has 0 bridgehead atoms. The van der Waals surface area contributed by atoms with Crippen LogP contribution in [0.3, 0.4) is 0 Å². The Bertz CT molecular complexity index is 324. The summed E-state index contributed by atoms with van der Waals surface area (Å²) in [6.45, 7) is 6.32. The van der Waals surface area contributed by atoms with Crippen LogP contribution in [0.2, 0.25) is 5.02 Å². The fourth-order valence-electron chi connectivity index (χ4n) is 2.17. The van der Waals surface area contributed by atoms with Crippen molar-refractivity contribution in [3.8, 4) is 0 Å². The van der Waals surface area contributed by atoms with Gasteiger partial charge in [0.1, 0.15) is 0 Å². The second-order valence-electron chi connectivity index (χ2n) is 4.26. The van der Waals surface area contributed by atoms with Gasteiger partial charge in [-0.15, -0.1) is 11.6 Å². The molecule has 0 amide bonds. The van der Waals surface area contributed by atoms with Gasteiger partial charge in [-0.05, 0) is 30.5 Å². The van der Waals surface area contributed by atoms with Gasteiger partial charge in [-0.3, -0.25) is 4.90 Å². The lowest BCUT2D eigenvalue weighted by molar-refractivity contribution is 0.188. The number of benzene rings is 1. The topological polar surface area (TPSA) is 3.24 Å². The van der Waals surface area contributed by atoms with Crippen LogP contribution >= 0.6 is 23.2 Å². The Morgan fingerprint density at radius 2 is 1.94 bits per heavy atom. The van der Waals surface area contributed by atoms with Crippen LogP contribution in [-0.2, 0) is 6.54 Å². The van der Waals surface area contributed by atoms with E-state index in [1.54, 1.807) is 0 Å². The van der Waals surface area contributed by atoms with E-state index in [1.807, 2.05) is 18.2 Å². The zero-order valence-electron chi connectivity index (χ0n) is 10.6. The Morgan fingerprint density at radius 3 is 2.47 bits per heavy atom. The lowest BCUT2D eigenvalue weighted by atomic mass is 10.1. The summed E-state index contributed by atoms with van der Waals surface area (Å²) in [6, 6.07) is 8.67. The van der Waals surface area contributed by atoms with E-state index in [0.717, 1.165) is 31.0 Å². The molecule has 0 aliphatic heterocycles. The minimum Gasteiger partial charge on any atom is -0.295 e. The molecule has 0 heterocycles. The van der Waals surface area contributed by atoms with Crippen molar-refractivity contribution in [2.45, 2.75) is 39.3 Å². The molecule has 0 unspecified atom stereocenters. The molecule has 0 aliphatic carbocycles. The van der Waals surface area contributed by atoms with E-state index >= 15 is 0 Å². The molecular formula is C14H21Cl2N. The Hall–Kier alpha value is -0.240. The zero-order valence-corrected chi connectivity index (χ0v) is 12.1. The number of halogens is 2. The quantitative estimate of drug-likeness (QED) is 0.658. The van der Waals surface area contributed by atoms with Crippen molar-refractivity contribution in [1.82, 2.24) is 4.90 Å². The normalized spacial score (nSPS) is 11.4. The summed E-state index contributed by atoms with van der Waals surface area (Å²) in [5.41, 5.74) is 1.26. The Labute approximate surface area is 115 Å². The molecular weight excluding hydrogens is 253 g/mol. The second kappa shape index (κ2) is 7.97. The van der Waals surface area contributed by atoms with Crippen LogP contribution in [0.25, 0.3) is 0 Å². The average Bonchev–Trinajstić information content (AvgIpc) is 2.31. The Morgan fingerprint density at radius 1 is 1.24 bits per heavy atom. The molecule has 1 aromatic rings. The monoisotopic (exact) mass is 273 g/mol. The fraction of sp³-hybridized carbons (Fsp3) is 0.571. The minimum atomic E-state index is 0.604. The summed E-state index contributed by atoms with van der Waals surface area (Å²) < 4.78 is 0. The maximum Gasteiger partial charge on any atom is 0.0409 e. The highest BCUT2D eigenvalue weighted by molar-refractivity contribution is 6.30. The highest BCUT2D eigenvalue weighted by Crippen LogP contribution is 2.16. The molecule has 1 aromatic carbocycles. The average molecular weight is 274 g/mol. The van der Waals surface area contributed by atoms with Crippen molar-refractivity contribution in [2.75, 3.05) is 12.4 Å². The van der Waals surface area contributed by atoms with Gasteiger partial charge >= 0.3 is 0 Å². The molecule has 0 saturated heterocycles. The molecule has 0 atom stereocenters. The first-order valence-corrected chi connectivity index (χ1v) is 7.17. The summed E-state index contributed by atoms with van der Waals surface area (Å²) in [5.74, 6) is 0.678. The maximum absolute atomic E-state index is 6.01. The van der Waals surface area contributed by atoms with Crippen LogP contribution in [0.4, 0.5) is 0 Å². The molecule has 1 nitrogen and oxygen atoms in total. The third kappa shape index (κ3) is 4.87. The SMILES string of the molecule is CCC(CC)N(CCCl)Cc1cccc(Cl)c1. The molecule has 3 heteroatoms. The van der Waals surface area contributed by atoms with E-state index in [1.165, 1.54) is 5.56 Å². The molecule has 1 rings (SSSR count). The number of hydrogen-bond donors (Lipinski definition) is 0. The lowest BCUT2D eigenvalue weighted by Gasteiger charge is -2.29. The standard InChI is InChI=1S/C14H21Cl2N/c1-3-14(4-2)17(9-8-15)11-12-6-5-7-13(16)10-12/h5-7,10,14H,3-4,8-9,11H2,1-2H3. The molecule has 17 heavy (non-hydrogen) atoms. The summed E-state index contributed by atoms with van der Waals surface area (Å²) in [6.07, 6.45) is 2.32. The van der Waals surface area contributed by atoms with E-state index in [4.69, 9.17) is 23.2 Å². The van der Waals surface area contributed by atoms with Crippen molar-refractivity contribution >= 4 is 23.2 Å². The third-order valence-corrected chi connectivity index (χ3v) is 3.51. The first-order valence-electron chi connectivity index (χ1n) is 6.25. The van der Waals surface area contributed by atoms with Crippen molar-refractivity contribution in [3.05, 3.63) is 34.9 Å². The fourth-order valence-corrected chi connectivity index (χ4v) is 2.60. The first kappa shape index (κ1) is 14.8. The van der Waals surface area contributed by atoms with Gasteiger partial charge in [0.15, 0.2) is 0 Å². The van der Waals surface area contributed by atoms with Gasteiger partial charge < -0.3 is 0 Å². The molecule has 0 radical (unpaired) electrons. The highest BCUT2D eigenvalue weighted by Gasteiger charge is 2.14. The smallest absolute Gasteiger partial charge is 0.0409 e. The summed E-state index contributed by atoms with van der Waals surface area (Å²) in [5, 5.41) is 0.804. The molecule has 0 N–H and O–H groups in total. The van der Waals surface area contributed by atoms with Crippen molar-refractivity contribution in [2.24, 2.45) is 0 Å². The Kier molecular flexibility index (Phi) is 6.94. The van der Waals surface area contributed by atoms with E-state index in [-0.39, 0.29) is 0 Å². The number of alkyl halides is 1. The molecule has 0 fully saturated rings. The van der Waals surface area contributed by atoms with Gasteiger partial charge in [0.25, 0.3) is 0 Å². The van der Waals surface area contributed by atoms with Crippen molar-refractivity contribution in [1.29, 1.82) is 0 Å². The predicted octanol–water partition coefficient (Wildman–Crippen LogP) is 4.57. The highest BCUT2D eigenvalue weighted by atomic mass is 35.5. The minimum absolute atomic E-state index is 0.604. The molecule has 0 saturated carbocycles. The van der Waals surface area contributed by atoms with Crippen LogP contribution < -0.4 is 0 Å². The second-order valence-corrected chi connectivity index (χ2v) is 5.07. The number of rotatable bonds is 7. The van der Waals surface area contributed by atoms with Crippen LogP contribution in [0.1, 0.15) is 32.3 Å². The van der Waals surface area contributed by atoms with Crippen LogP contribution in [0, 0.1) is 0 Å². The van der Waals surface area contributed by atoms with Crippen molar-refractivity contribution in [3.63, 3.8) is 0 Å². The predicted molar refractivity (Wildman–Crippen MR) is 77.0 cm³/mol. The molecule has 0 aliphatic rings. The summed E-state index contributed by atoms with van der Waals surface area (Å²) >= 11 is 11.9. The summed E-state index contributed by atoms with van der Waals surface area (Å²) in [4.78, 5) is 2.44.